The van der Waals surface area contributed by atoms with Gasteiger partial charge in [-0.1, -0.05) is 36.6 Å². The van der Waals surface area contributed by atoms with Crippen molar-refractivity contribution < 1.29 is 4.79 Å². The Hall–Kier alpha value is -1.02. The predicted octanol–water partition coefficient (Wildman–Crippen LogP) is 3.85. The molecular weight excluding hydrogens is 487 g/mol. The molecule has 1 aliphatic heterocycles. The van der Waals surface area contributed by atoms with Gasteiger partial charge >= 0.3 is 0 Å². The van der Waals surface area contributed by atoms with Crippen LogP contribution in [0.3, 0.4) is 0 Å². The van der Waals surface area contributed by atoms with E-state index >= 15 is 0 Å². The Balaban J connectivity index is 0.00000280. The fraction of sp³-hybridized carbons (Fsp3) is 0.619. The van der Waals surface area contributed by atoms with Crippen molar-refractivity contribution in [2.24, 2.45) is 10.9 Å². The number of hydrogen-bond acceptors (Lipinski definition) is 2. The van der Waals surface area contributed by atoms with Crippen molar-refractivity contribution in [3.8, 4) is 0 Å². The normalized spacial score (nSPS) is 20.1. The number of carbonyl (C=O) groups excluding carboxylic acids is 1. The van der Waals surface area contributed by atoms with E-state index in [0.717, 1.165) is 56.3 Å². The average Bonchev–Trinajstić information content (AvgIpc) is 3.35. The Morgan fingerprint density at radius 1 is 1.21 bits per heavy atom. The van der Waals surface area contributed by atoms with Gasteiger partial charge in [0.15, 0.2) is 5.96 Å². The van der Waals surface area contributed by atoms with Gasteiger partial charge in [0, 0.05) is 43.2 Å². The zero-order valence-electron chi connectivity index (χ0n) is 16.6. The van der Waals surface area contributed by atoms with Crippen LogP contribution in [-0.4, -0.2) is 49.0 Å². The molecule has 2 aliphatic rings. The number of guanidine groups is 1. The molecule has 1 atom stereocenters. The zero-order chi connectivity index (χ0) is 19.1. The molecule has 156 valence electrons. The summed E-state index contributed by atoms with van der Waals surface area (Å²) < 4.78 is 0. The Labute approximate surface area is 190 Å². The third-order valence-corrected chi connectivity index (χ3v) is 5.73. The van der Waals surface area contributed by atoms with Crippen molar-refractivity contribution in [2.75, 3.05) is 26.2 Å². The molecule has 1 unspecified atom stereocenters. The van der Waals surface area contributed by atoms with Crippen LogP contribution in [0.5, 0.6) is 0 Å². The van der Waals surface area contributed by atoms with Gasteiger partial charge in [0.1, 0.15) is 0 Å². The first-order valence-corrected chi connectivity index (χ1v) is 10.6. The van der Waals surface area contributed by atoms with Gasteiger partial charge < -0.3 is 15.5 Å². The van der Waals surface area contributed by atoms with Gasteiger partial charge in [-0.05, 0) is 50.3 Å². The molecule has 0 aromatic heterocycles. The number of likely N-dealkylation sites (tertiary alicyclic amines) is 1. The van der Waals surface area contributed by atoms with Gasteiger partial charge in [-0.15, -0.1) is 24.0 Å². The van der Waals surface area contributed by atoms with Crippen LogP contribution < -0.4 is 10.6 Å². The van der Waals surface area contributed by atoms with Crippen molar-refractivity contribution in [1.82, 2.24) is 15.5 Å². The van der Waals surface area contributed by atoms with Gasteiger partial charge in [0.25, 0.3) is 0 Å². The molecule has 0 bridgehead atoms. The third kappa shape index (κ3) is 6.79. The number of aliphatic imine (C=N–C) groups is 1. The van der Waals surface area contributed by atoms with E-state index in [2.05, 4.69) is 17.6 Å². The number of amides is 1. The molecule has 7 heteroatoms. The Morgan fingerprint density at radius 2 is 1.93 bits per heavy atom. The van der Waals surface area contributed by atoms with E-state index in [1.54, 1.807) is 0 Å². The smallest absolute Gasteiger partial charge is 0.225 e. The monoisotopic (exact) mass is 518 g/mol. The fourth-order valence-electron chi connectivity index (χ4n) is 3.97. The summed E-state index contributed by atoms with van der Waals surface area (Å²) in [6.45, 7) is 5.26. The number of benzene rings is 1. The zero-order valence-corrected chi connectivity index (χ0v) is 19.7. The highest BCUT2D eigenvalue weighted by Gasteiger charge is 2.32. The van der Waals surface area contributed by atoms with Crippen LogP contribution in [0.25, 0.3) is 0 Å². The van der Waals surface area contributed by atoms with Gasteiger partial charge in [0.05, 0.1) is 0 Å². The van der Waals surface area contributed by atoms with Crippen LogP contribution in [0.15, 0.2) is 29.3 Å². The Bertz CT molecular complexity index is 646. The van der Waals surface area contributed by atoms with Crippen molar-refractivity contribution >= 4 is 47.4 Å². The number of hydrogen-bond donors (Lipinski definition) is 2. The largest absolute Gasteiger partial charge is 0.357 e. The molecule has 0 radical (unpaired) electrons. The lowest BCUT2D eigenvalue weighted by Crippen LogP contribution is -2.45. The number of nitrogens with one attached hydrogen (secondary N) is 2. The first kappa shape index (κ1) is 23.3. The molecular formula is C21H32ClIN4O. The van der Waals surface area contributed by atoms with Crippen LogP contribution >= 0.6 is 35.6 Å². The third-order valence-electron chi connectivity index (χ3n) is 5.47. The van der Waals surface area contributed by atoms with Crippen LogP contribution in [-0.2, 0) is 11.2 Å². The molecule has 0 spiro atoms. The molecule has 28 heavy (non-hydrogen) atoms. The van der Waals surface area contributed by atoms with E-state index in [0.29, 0.717) is 12.5 Å². The lowest BCUT2D eigenvalue weighted by atomic mass is 10.1. The molecule has 1 amide bonds. The first-order valence-electron chi connectivity index (χ1n) is 10.2. The summed E-state index contributed by atoms with van der Waals surface area (Å²) in [6.07, 6.45) is 6.42. The van der Waals surface area contributed by atoms with Gasteiger partial charge in [-0.3, -0.25) is 9.79 Å². The SMILES string of the molecule is CCNC(=NCCc1ccc(Cl)cc1)NC1CCN(C(=O)C2CCCC2)C1.I. The van der Waals surface area contributed by atoms with Crippen LogP contribution in [0.2, 0.25) is 5.02 Å². The molecule has 1 aliphatic carbocycles. The Kier molecular flexibility index (Phi) is 9.85. The highest BCUT2D eigenvalue weighted by Crippen LogP contribution is 2.27. The lowest BCUT2D eigenvalue weighted by molar-refractivity contribution is -0.134. The second kappa shape index (κ2) is 11.9. The molecule has 2 N–H and O–H groups in total. The molecule has 2 fully saturated rings. The maximum Gasteiger partial charge on any atom is 0.225 e. The summed E-state index contributed by atoms with van der Waals surface area (Å²) in [4.78, 5) is 19.3. The average molecular weight is 519 g/mol. The molecule has 1 aromatic carbocycles. The van der Waals surface area contributed by atoms with E-state index in [4.69, 9.17) is 16.6 Å². The Morgan fingerprint density at radius 3 is 2.61 bits per heavy atom. The standard InChI is InChI=1S/C21H31ClN4O.HI/c1-2-23-21(24-13-11-16-7-9-18(22)10-8-16)25-19-12-14-26(15-19)20(27)17-5-3-4-6-17;/h7-10,17,19H,2-6,11-15H2,1H3,(H2,23,24,25);1H. The van der Waals surface area contributed by atoms with Gasteiger partial charge in [0.2, 0.25) is 5.91 Å². The second-order valence-corrected chi connectivity index (χ2v) is 7.97. The topological polar surface area (TPSA) is 56.7 Å². The van der Waals surface area contributed by atoms with Crippen LogP contribution in [0.4, 0.5) is 0 Å². The minimum Gasteiger partial charge on any atom is -0.357 e. The second-order valence-electron chi connectivity index (χ2n) is 7.53. The van der Waals surface area contributed by atoms with E-state index in [-0.39, 0.29) is 35.9 Å². The minimum absolute atomic E-state index is 0. The van der Waals surface area contributed by atoms with Crippen molar-refractivity contribution in [3.05, 3.63) is 34.9 Å². The minimum atomic E-state index is 0. The maximum atomic E-state index is 12.6. The highest BCUT2D eigenvalue weighted by atomic mass is 127. The quantitative estimate of drug-likeness (QED) is 0.342. The number of halogens is 2. The van der Waals surface area contributed by atoms with E-state index < -0.39 is 0 Å². The lowest BCUT2D eigenvalue weighted by Gasteiger charge is -2.21. The van der Waals surface area contributed by atoms with Crippen molar-refractivity contribution in [1.29, 1.82) is 0 Å². The van der Waals surface area contributed by atoms with Gasteiger partial charge in [-0.25, -0.2) is 0 Å². The predicted molar refractivity (Wildman–Crippen MR) is 127 cm³/mol. The first-order chi connectivity index (χ1) is 13.2. The summed E-state index contributed by atoms with van der Waals surface area (Å²) in [7, 11) is 0. The van der Waals surface area contributed by atoms with E-state index in [1.807, 2.05) is 29.2 Å². The molecule has 5 nitrogen and oxygen atoms in total. The number of carbonyl (C=O) groups is 1. The maximum absolute atomic E-state index is 12.6. The summed E-state index contributed by atoms with van der Waals surface area (Å²) >= 11 is 5.93. The number of nitrogens with zero attached hydrogens (tertiary/aromatic N) is 2. The van der Waals surface area contributed by atoms with Crippen LogP contribution in [0.1, 0.15) is 44.6 Å². The molecule has 1 saturated carbocycles. The van der Waals surface area contributed by atoms with Crippen molar-refractivity contribution in [2.45, 2.75) is 51.5 Å². The van der Waals surface area contributed by atoms with E-state index in [1.165, 1.54) is 18.4 Å². The summed E-state index contributed by atoms with van der Waals surface area (Å²) in [5, 5.41) is 7.59. The summed E-state index contributed by atoms with van der Waals surface area (Å²) in [6, 6.07) is 8.20. The van der Waals surface area contributed by atoms with Gasteiger partial charge in [-0.2, -0.15) is 0 Å². The molecule has 1 saturated heterocycles. The highest BCUT2D eigenvalue weighted by molar-refractivity contribution is 14.0. The van der Waals surface area contributed by atoms with Crippen LogP contribution in [0, 0.1) is 5.92 Å². The fourth-order valence-corrected chi connectivity index (χ4v) is 4.10. The summed E-state index contributed by atoms with van der Waals surface area (Å²) in [5.74, 6) is 1.47. The molecule has 1 aromatic rings. The summed E-state index contributed by atoms with van der Waals surface area (Å²) in [5.41, 5.74) is 1.23. The molecule has 1 heterocycles. The molecule has 3 rings (SSSR count). The van der Waals surface area contributed by atoms with E-state index in [9.17, 15) is 4.79 Å². The number of rotatable bonds is 6. The van der Waals surface area contributed by atoms with Crippen molar-refractivity contribution in [3.63, 3.8) is 0 Å².